The summed E-state index contributed by atoms with van der Waals surface area (Å²) in [7, 11) is 0. The van der Waals surface area contributed by atoms with Gasteiger partial charge in [0.1, 0.15) is 0 Å². The Morgan fingerprint density at radius 3 is 2.63 bits per heavy atom. The lowest BCUT2D eigenvalue weighted by Crippen LogP contribution is -2.17. The highest BCUT2D eigenvalue weighted by Crippen LogP contribution is 2.42. The first-order valence-electron chi connectivity index (χ1n) is 5.71. The molecule has 2 aromatic carbocycles. The van der Waals surface area contributed by atoms with Crippen molar-refractivity contribution in [3.8, 4) is 6.19 Å². The van der Waals surface area contributed by atoms with Gasteiger partial charge in [-0.05, 0) is 23.8 Å². The minimum Gasteiger partial charge on any atom is -0.245 e. The standard InChI is InChI=1S/C15H9BrN2S/c16-12-6-7-13-15(8-12)19-9-14(18(13)10-17)11-4-2-1-3-5-11/h1-9H. The second-order valence-corrected chi connectivity index (χ2v) is 5.86. The summed E-state index contributed by atoms with van der Waals surface area (Å²) in [5.41, 5.74) is 2.89. The third-order valence-corrected chi connectivity index (χ3v) is 4.29. The van der Waals surface area contributed by atoms with Crippen molar-refractivity contribution in [2.75, 3.05) is 4.90 Å². The van der Waals surface area contributed by atoms with Crippen LogP contribution in [0.25, 0.3) is 5.70 Å². The number of halogens is 1. The molecule has 2 nitrogen and oxygen atoms in total. The predicted molar refractivity (Wildman–Crippen MR) is 82.5 cm³/mol. The minimum atomic E-state index is 0.919. The number of fused-ring (bicyclic) bond motifs is 1. The molecule has 19 heavy (non-hydrogen) atoms. The minimum absolute atomic E-state index is 0.919. The van der Waals surface area contributed by atoms with E-state index in [-0.39, 0.29) is 0 Å². The first kappa shape index (κ1) is 12.3. The van der Waals surface area contributed by atoms with E-state index in [4.69, 9.17) is 0 Å². The molecule has 1 heterocycles. The Hall–Kier alpha value is -1.70. The molecule has 0 unspecified atom stereocenters. The monoisotopic (exact) mass is 328 g/mol. The molecule has 0 spiro atoms. The molecule has 2 aromatic rings. The van der Waals surface area contributed by atoms with Crippen LogP contribution in [0.2, 0.25) is 0 Å². The quantitative estimate of drug-likeness (QED) is 0.701. The largest absolute Gasteiger partial charge is 0.245 e. The van der Waals surface area contributed by atoms with Crippen molar-refractivity contribution >= 4 is 39.1 Å². The van der Waals surface area contributed by atoms with E-state index in [9.17, 15) is 5.26 Å². The van der Waals surface area contributed by atoms with Crippen molar-refractivity contribution in [2.45, 2.75) is 4.90 Å². The van der Waals surface area contributed by atoms with E-state index < -0.39 is 0 Å². The fraction of sp³-hybridized carbons (Fsp3) is 0. The average Bonchev–Trinajstić information content (AvgIpc) is 2.46. The average molecular weight is 329 g/mol. The second kappa shape index (κ2) is 5.12. The van der Waals surface area contributed by atoms with Gasteiger partial charge in [-0.2, -0.15) is 5.26 Å². The number of nitrogens with zero attached hydrogens (tertiary/aromatic N) is 2. The van der Waals surface area contributed by atoms with Gasteiger partial charge in [0.25, 0.3) is 0 Å². The Kier molecular flexibility index (Phi) is 3.33. The normalized spacial score (nSPS) is 13.5. The molecule has 1 aliphatic rings. The third kappa shape index (κ3) is 2.27. The number of hydrogen-bond donors (Lipinski definition) is 0. The Balaban J connectivity index is 2.09. The Bertz CT molecular complexity index is 689. The topological polar surface area (TPSA) is 27.0 Å². The van der Waals surface area contributed by atoms with Crippen molar-refractivity contribution in [1.82, 2.24) is 0 Å². The zero-order chi connectivity index (χ0) is 13.2. The van der Waals surface area contributed by atoms with E-state index >= 15 is 0 Å². The van der Waals surface area contributed by atoms with E-state index in [1.165, 1.54) is 0 Å². The van der Waals surface area contributed by atoms with Gasteiger partial charge >= 0.3 is 0 Å². The lowest BCUT2D eigenvalue weighted by Gasteiger charge is -2.25. The predicted octanol–water partition coefficient (Wildman–Crippen LogP) is 4.84. The highest BCUT2D eigenvalue weighted by molar-refractivity contribution is 9.10. The van der Waals surface area contributed by atoms with Crippen LogP contribution in [0.1, 0.15) is 5.56 Å². The molecule has 0 saturated heterocycles. The van der Waals surface area contributed by atoms with Crippen LogP contribution in [0, 0.1) is 11.5 Å². The maximum Gasteiger partial charge on any atom is 0.189 e. The molecule has 0 bridgehead atoms. The van der Waals surface area contributed by atoms with Crippen LogP contribution in [0.5, 0.6) is 0 Å². The van der Waals surface area contributed by atoms with Crippen LogP contribution in [0.3, 0.4) is 0 Å². The van der Waals surface area contributed by atoms with Crippen molar-refractivity contribution in [3.05, 3.63) is 64.0 Å². The van der Waals surface area contributed by atoms with Crippen LogP contribution in [0.15, 0.2) is 63.3 Å². The van der Waals surface area contributed by atoms with Crippen LogP contribution in [0.4, 0.5) is 5.69 Å². The lowest BCUT2D eigenvalue weighted by molar-refractivity contribution is 1.22. The zero-order valence-corrected chi connectivity index (χ0v) is 12.3. The van der Waals surface area contributed by atoms with Crippen LogP contribution >= 0.6 is 27.7 Å². The number of anilines is 1. The molecule has 0 atom stereocenters. The molecule has 0 amide bonds. The van der Waals surface area contributed by atoms with Crippen LogP contribution < -0.4 is 4.90 Å². The van der Waals surface area contributed by atoms with E-state index in [2.05, 4.69) is 22.1 Å². The highest BCUT2D eigenvalue weighted by Gasteiger charge is 2.21. The summed E-state index contributed by atoms with van der Waals surface area (Å²) < 4.78 is 1.02. The molecule has 0 N–H and O–H groups in total. The second-order valence-electron chi connectivity index (χ2n) is 4.03. The molecular formula is C15H9BrN2S. The maximum absolute atomic E-state index is 9.45. The van der Waals surface area contributed by atoms with Crippen LogP contribution in [-0.4, -0.2) is 0 Å². The first-order chi connectivity index (χ1) is 9.29. The number of rotatable bonds is 1. The number of hydrogen-bond acceptors (Lipinski definition) is 3. The van der Waals surface area contributed by atoms with Gasteiger partial charge in [-0.1, -0.05) is 58.0 Å². The maximum atomic E-state index is 9.45. The molecular weight excluding hydrogens is 320 g/mol. The van der Waals surface area contributed by atoms with Gasteiger partial charge in [0.2, 0.25) is 0 Å². The van der Waals surface area contributed by atoms with Gasteiger partial charge in [-0.3, -0.25) is 0 Å². The van der Waals surface area contributed by atoms with Crippen molar-refractivity contribution in [2.24, 2.45) is 0 Å². The smallest absolute Gasteiger partial charge is 0.189 e. The van der Waals surface area contributed by atoms with Gasteiger partial charge in [-0.25, -0.2) is 4.90 Å². The Morgan fingerprint density at radius 2 is 1.89 bits per heavy atom. The molecule has 0 aromatic heterocycles. The summed E-state index contributed by atoms with van der Waals surface area (Å²) >= 11 is 5.10. The summed E-state index contributed by atoms with van der Waals surface area (Å²) in [4.78, 5) is 2.75. The molecule has 0 radical (unpaired) electrons. The SMILES string of the molecule is N#CN1C(c2ccccc2)=CSc2cc(Br)ccc21. The Labute approximate surface area is 124 Å². The molecule has 0 fully saturated rings. The van der Waals surface area contributed by atoms with Gasteiger partial charge in [0.05, 0.1) is 11.4 Å². The summed E-state index contributed by atoms with van der Waals surface area (Å²) in [6.45, 7) is 0. The lowest BCUT2D eigenvalue weighted by atomic mass is 10.1. The molecule has 0 aliphatic carbocycles. The highest BCUT2D eigenvalue weighted by atomic mass is 79.9. The fourth-order valence-electron chi connectivity index (χ4n) is 1.98. The number of nitriles is 1. The third-order valence-electron chi connectivity index (χ3n) is 2.87. The van der Waals surface area contributed by atoms with Crippen molar-refractivity contribution in [1.29, 1.82) is 5.26 Å². The van der Waals surface area contributed by atoms with Gasteiger partial charge in [0, 0.05) is 14.8 Å². The van der Waals surface area contributed by atoms with E-state index in [0.717, 1.165) is 26.3 Å². The molecule has 92 valence electrons. The summed E-state index contributed by atoms with van der Waals surface area (Å²) in [5, 5.41) is 11.5. The number of thioether (sulfide) groups is 1. The van der Waals surface area contributed by atoms with Crippen molar-refractivity contribution in [3.63, 3.8) is 0 Å². The van der Waals surface area contributed by atoms with Gasteiger partial charge < -0.3 is 0 Å². The Morgan fingerprint density at radius 1 is 1.11 bits per heavy atom. The van der Waals surface area contributed by atoms with Gasteiger partial charge in [0.15, 0.2) is 6.19 Å². The molecule has 4 heteroatoms. The summed E-state index contributed by atoms with van der Waals surface area (Å²) in [6.07, 6.45) is 2.26. The summed E-state index contributed by atoms with van der Waals surface area (Å²) in [6, 6.07) is 15.9. The molecule has 3 rings (SSSR count). The van der Waals surface area contributed by atoms with E-state index in [0.29, 0.717) is 0 Å². The number of benzene rings is 2. The zero-order valence-electron chi connectivity index (χ0n) is 9.88. The molecule has 0 saturated carbocycles. The van der Waals surface area contributed by atoms with Crippen LogP contribution in [-0.2, 0) is 0 Å². The molecule has 1 aliphatic heterocycles. The van der Waals surface area contributed by atoms with Crippen molar-refractivity contribution < 1.29 is 0 Å². The summed E-state index contributed by atoms with van der Waals surface area (Å²) in [5.74, 6) is 0. The van der Waals surface area contributed by atoms with E-state index in [1.54, 1.807) is 16.7 Å². The fourth-order valence-corrected chi connectivity index (χ4v) is 3.45. The first-order valence-corrected chi connectivity index (χ1v) is 7.38. The van der Waals surface area contributed by atoms with E-state index in [1.807, 2.05) is 53.9 Å². The van der Waals surface area contributed by atoms with Gasteiger partial charge in [-0.15, -0.1) is 0 Å².